The molecule has 0 aromatic heterocycles. The second kappa shape index (κ2) is 11.5. The minimum Gasteiger partial charge on any atom is -0.493 e. The van der Waals surface area contributed by atoms with Crippen molar-refractivity contribution in [3.8, 4) is 23.6 Å². The van der Waals surface area contributed by atoms with Crippen molar-refractivity contribution >= 4 is 39.3 Å². The molecule has 10 heteroatoms. The lowest BCUT2D eigenvalue weighted by Gasteiger charge is -2.14. The fraction of sp³-hybridized carbons (Fsp3) is 0.0800. The highest BCUT2D eigenvalue weighted by Crippen LogP contribution is 2.38. The van der Waals surface area contributed by atoms with Gasteiger partial charge >= 0.3 is 0 Å². The number of nitrogens with one attached hydrogen (secondary N) is 1. The quantitative estimate of drug-likeness (QED) is 0.178. The Balaban J connectivity index is 1.84. The molecule has 0 fully saturated rings. The van der Waals surface area contributed by atoms with Gasteiger partial charge in [0.15, 0.2) is 11.5 Å². The summed E-state index contributed by atoms with van der Waals surface area (Å²) < 4.78 is 11.8. The van der Waals surface area contributed by atoms with Crippen LogP contribution >= 0.6 is 15.9 Å². The third-order valence-corrected chi connectivity index (χ3v) is 5.34. The Morgan fingerprint density at radius 1 is 1.17 bits per heavy atom. The van der Waals surface area contributed by atoms with Crippen molar-refractivity contribution < 1.29 is 19.2 Å². The minimum atomic E-state index is -0.725. The van der Waals surface area contributed by atoms with Crippen LogP contribution in [0.4, 0.5) is 11.4 Å². The fourth-order valence-electron chi connectivity index (χ4n) is 3.08. The summed E-state index contributed by atoms with van der Waals surface area (Å²) >= 11 is 3.43. The molecule has 9 nitrogen and oxygen atoms in total. The Bertz CT molecular complexity index is 1410. The Hall–Kier alpha value is -4.67. The van der Waals surface area contributed by atoms with Gasteiger partial charge in [0.1, 0.15) is 18.2 Å². The van der Waals surface area contributed by atoms with Crippen LogP contribution in [0.5, 0.6) is 11.5 Å². The molecule has 0 aliphatic rings. The van der Waals surface area contributed by atoms with E-state index in [1.807, 2.05) is 12.1 Å². The van der Waals surface area contributed by atoms with Gasteiger partial charge < -0.3 is 14.8 Å². The monoisotopic (exact) mass is 532 g/mol. The molecule has 35 heavy (non-hydrogen) atoms. The molecule has 3 rings (SSSR count). The number of benzene rings is 3. The first-order valence-electron chi connectivity index (χ1n) is 10.0. The van der Waals surface area contributed by atoms with Crippen LogP contribution in [0, 0.1) is 32.8 Å². The Morgan fingerprint density at radius 3 is 2.63 bits per heavy atom. The topological polar surface area (TPSA) is 138 Å². The van der Waals surface area contributed by atoms with Crippen molar-refractivity contribution in [2.45, 2.75) is 6.61 Å². The normalized spacial score (nSPS) is 10.6. The highest BCUT2D eigenvalue weighted by Gasteiger charge is 2.16. The Morgan fingerprint density at radius 2 is 1.94 bits per heavy atom. The number of rotatable bonds is 8. The number of halogens is 1. The average Bonchev–Trinajstić information content (AvgIpc) is 2.86. The van der Waals surface area contributed by atoms with Crippen LogP contribution in [0.2, 0.25) is 0 Å². The lowest BCUT2D eigenvalue weighted by Crippen LogP contribution is -2.13. The fourth-order valence-corrected chi connectivity index (χ4v) is 3.65. The van der Waals surface area contributed by atoms with Gasteiger partial charge in [0.25, 0.3) is 11.6 Å². The molecule has 0 unspecified atom stereocenters. The molecule has 0 bridgehead atoms. The van der Waals surface area contributed by atoms with Gasteiger partial charge in [0.2, 0.25) is 0 Å². The van der Waals surface area contributed by atoms with E-state index < -0.39 is 10.8 Å². The number of non-ortho nitro benzene ring substituents is 1. The molecule has 174 valence electrons. The number of nitro benzene ring substituents is 1. The summed E-state index contributed by atoms with van der Waals surface area (Å²) in [5.41, 5.74) is 1.46. The number of hydrogen-bond donors (Lipinski definition) is 1. The minimum absolute atomic E-state index is 0.128. The average molecular weight is 533 g/mol. The van der Waals surface area contributed by atoms with E-state index in [2.05, 4.69) is 27.3 Å². The highest BCUT2D eigenvalue weighted by molar-refractivity contribution is 9.10. The first-order chi connectivity index (χ1) is 16.9. The second-order valence-corrected chi connectivity index (χ2v) is 7.88. The van der Waals surface area contributed by atoms with Crippen LogP contribution in [0.25, 0.3) is 6.08 Å². The smallest absolute Gasteiger partial charge is 0.271 e. The van der Waals surface area contributed by atoms with Crippen LogP contribution in [0.15, 0.2) is 70.7 Å². The molecule has 0 aliphatic heterocycles. The number of carbonyl (C=O) groups excluding carboxylic acids is 1. The maximum atomic E-state index is 12.6. The van der Waals surface area contributed by atoms with E-state index in [0.717, 1.165) is 0 Å². The van der Waals surface area contributed by atoms with E-state index in [1.165, 1.54) is 37.5 Å². The molecular weight excluding hydrogens is 516 g/mol. The lowest BCUT2D eigenvalue weighted by molar-refractivity contribution is -0.384. The van der Waals surface area contributed by atoms with E-state index >= 15 is 0 Å². The second-order valence-electron chi connectivity index (χ2n) is 7.02. The Kier molecular flexibility index (Phi) is 8.17. The molecule has 1 N–H and O–H groups in total. The third-order valence-electron chi connectivity index (χ3n) is 4.75. The van der Waals surface area contributed by atoms with Gasteiger partial charge in [-0.05, 0) is 51.8 Å². The van der Waals surface area contributed by atoms with Crippen LogP contribution in [0.3, 0.4) is 0 Å². The molecule has 0 saturated heterocycles. The number of nitrogens with zero attached hydrogens (tertiary/aromatic N) is 3. The zero-order chi connectivity index (χ0) is 25.4. The number of amides is 1. The summed E-state index contributed by atoms with van der Waals surface area (Å²) in [6.45, 7) is 0.128. The largest absolute Gasteiger partial charge is 0.493 e. The summed E-state index contributed by atoms with van der Waals surface area (Å²) in [7, 11) is 1.45. The van der Waals surface area contributed by atoms with Gasteiger partial charge in [0, 0.05) is 23.4 Å². The molecule has 0 atom stereocenters. The molecule has 0 heterocycles. The van der Waals surface area contributed by atoms with Gasteiger partial charge in [-0.15, -0.1) is 0 Å². The summed E-state index contributed by atoms with van der Waals surface area (Å²) in [5.74, 6) is 0.00455. The van der Waals surface area contributed by atoms with Crippen LogP contribution in [0.1, 0.15) is 16.7 Å². The first-order valence-corrected chi connectivity index (χ1v) is 10.8. The van der Waals surface area contributed by atoms with E-state index in [9.17, 15) is 25.4 Å². The SMILES string of the molecule is COc1cc(/C=C(\C#N)C(=O)Nc2cccc([N+](=O)[O-])c2)cc(Br)c1OCc1ccccc1C#N. The van der Waals surface area contributed by atoms with Crippen molar-refractivity contribution in [2.24, 2.45) is 0 Å². The molecular formula is C25H17BrN4O5. The summed E-state index contributed by atoms with van der Waals surface area (Å²) in [6, 6.07) is 19.6. The van der Waals surface area contributed by atoms with Crippen molar-refractivity contribution in [3.63, 3.8) is 0 Å². The van der Waals surface area contributed by atoms with Gasteiger partial charge in [-0.1, -0.05) is 24.3 Å². The highest BCUT2D eigenvalue weighted by atomic mass is 79.9. The molecule has 3 aromatic rings. The third kappa shape index (κ3) is 6.22. The summed E-state index contributed by atoms with van der Waals surface area (Å²) in [5, 5.41) is 32.2. The molecule has 3 aromatic carbocycles. The number of hydrogen-bond acceptors (Lipinski definition) is 7. The van der Waals surface area contributed by atoms with E-state index in [4.69, 9.17) is 9.47 Å². The van der Waals surface area contributed by atoms with Crippen molar-refractivity contribution in [1.29, 1.82) is 10.5 Å². The van der Waals surface area contributed by atoms with Gasteiger partial charge in [0.05, 0.1) is 28.1 Å². The molecule has 0 aliphatic carbocycles. The van der Waals surface area contributed by atoms with Crippen molar-refractivity contribution in [1.82, 2.24) is 0 Å². The predicted octanol–water partition coefficient (Wildman–Crippen LogP) is 5.36. The van der Waals surface area contributed by atoms with Crippen molar-refractivity contribution in [3.05, 3.63) is 97.5 Å². The maximum absolute atomic E-state index is 12.6. The van der Waals surface area contributed by atoms with E-state index in [-0.39, 0.29) is 23.6 Å². The number of nitriles is 2. The van der Waals surface area contributed by atoms with E-state index in [1.54, 1.807) is 30.3 Å². The molecule has 0 radical (unpaired) electrons. The molecule has 0 spiro atoms. The van der Waals surface area contributed by atoms with Gasteiger partial charge in [-0.25, -0.2) is 0 Å². The van der Waals surface area contributed by atoms with Crippen LogP contribution in [-0.2, 0) is 11.4 Å². The molecule has 1 amide bonds. The summed E-state index contributed by atoms with van der Waals surface area (Å²) in [4.78, 5) is 22.9. The maximum Gasteiger partial charge on any atom is 0.271 e. The number of carbonyl (C=O) groups is 1. The summed E-state index contributed by atoms with van der Waals surface area (Å²) in [6.07, 6.45) is 1.36. The van der Waals surface area contributed by atoms with Gasteiger partial charge in [-0.2, -0.15) is 10.5 Å². The van der Waals surface area contributed by atoms with E-state index in [0.29, 0.717) is 32.7 Å². The number of nitro groups is 1. The van der Waals surface area contributed by atoms with Crippen molar-refractivity contribution in [2.75, 3.05) is 12.4 Å². The lowest BCUT2D eigenvalue weighted by atomic mass is 10.1. The number of methoxy groups -OCH3 is 1. The first kappa shape index (κ1) is 25.0. The zero-order valence-corrected chi connectivity index (χ0v) is 19.9. The number of anilines is 1. The van der Waals surface area contributed by atoms with Crippen LogP contribution < -0.4 is 14.8 Å². The predicted molar refractivity (Wildman–Crippen MR) is 131 cm³/mol. The van der Waals surface area contributed by atoms with Gasteiger partial charge in [-0.3, -0.25) is 14.9 Å². The number of ether oxygens (including phenoxy) is 2. The zero-order valence-electron chi connectivity index (χ0n) is 18.3. The standard InChI is InChI=1S/C25H17BrN4O5/c1-34-23-11-16(10-22(26)24(23)35-15-18-6-3-2-5-17(18)13-27)9-19(14-28)25(31)29-20-7-4-8-21(12-20)30(32)33/h2-12H,15H2,1H3,(H,29,31)/b19-9+. The Labute approximate surface area is 209 Å². The molecule has 0 saturated carbocycles. The van der Waals surface area contributed by atoms with Crippen LogP contribution in [-0.4, -0.2) is 17.9 Å².